The molecule has 1 N–H and O–H groups in total. The number of rotatable bonds is 6. The highest BCUT2D eigenvalue weighted by molar-refractivity contribution is 5.92. The Balaban J connectivity index is 2.19. The van der Waals surface area contributed by atoms with Gasteiger partial charge in [0, 0.05) is 19.8 Å². The molecule has 2 rings (SSSR count). The Hall–Kier alpha value is -2.64. The van der Waals surface area contributed by atoms with Gasteiger partial charge in [0.05, 0.1) is 5.69 Å². The van der Waals surface area contributed by atoms with Crippen molar-refractivity contribution >= 4 is 17.5 Å². The second-order valence-electron chi connectivity index (χ2n) is 5.19. The molecule has 5 nitrogen and oxygen atoms in total. The summed E-state index contributed by atoms with van der Waals surface area (Å²) >= 11 is 0. The summed E-state index contributed by atoms with van der Waals surface area (Å²) in [7, 11) is 1.65. The molecule has 0 aliphatic heterocycles. The van der Waals surface area contributed by atoms with Crippen LogP contribution in [0.4, 0.5) is 24.8 Å². The van der Waals surface area contributed by atoms with E-state index >= 15 is 0 Å². The van der Waals surface area contributed by atoms with E-state index in [1.165, 1.54) is 17.2 Å². The van der Waals surface area contributed by atoms with E-state index < -0.39 is 17.5 Å². The largest absolute Gasteiger partial charge is 0.340 e. The summed E-state index contributed by atoms with van der Waals surface area (Å²) < 4.78 is 39.8. The number of hydrogen-bond acceptors (Lipinski definition) is 4. The number of carbonyl (C=O) groups is 1. The predicted molar refractivity (Wildman–Crippen MR) is 83.5 cm³/mol. The van der Waals surface area contributed by atoms with E-state index in [1.807, 2.05) is 6.92 Å². The van der Waals surface area contributed by atoms with Crippen molar-refractivity contribution in [3.63, 3.8) is 0 Å². The van der Waals surface area contributed by atoms with E-state index in [4.69, 9.17) is 0 Å². The minimum Gasteiger partial charge on any atom is -0.340 e. The van der Waals surface area contributed by atoms with Crippen LogP contribution in [0.15, 0.2) is 24.4 Å². The van der Waals surface area contributed by atoms with Crippen LogP contribution in [0.3, 0.4) is 0 Å². The van der Waals surface area contributed by atoms with Crippen molar-refractivity contribution in [1.29, 1.82) is 0 Å². The van der Waals surface area contributed by atoms with Gasteiger partial charge in [0.1, 0.15) is 5.69 Å². The average Bonchev–Trinajstić information content (AvgIpc) is 2.59. The molecule has 1 amide bonds. The van der Waals surface area contributed by atoms with Crippen LogP contribution in [0.1, 0.15) is 30.3 Å². The first-order chi connectivity index (χ1) is 11.4. The lowest BCUT2D eigenvalue weighted by molar-refractivity contribution is 0.0787. The third-order valence-electron chi connectivity index (χ3n) is 3.35. The van der Waals surface area contributed by atoms with Gasteiger partial charge >= 0.3 is 0 Å². The number of aromatic nitrogens is 2. The molecule has 128 valence electrons. The van der Waals surface area contributed by atoms with E-state index in [1.54, 1.807) is 7.05 Å². The van der Waals surface area contributed by atoms with Crippen molar-refractivity contribution in [2.75, 3.05) is 18.9 Å². The Morgan fingerprint density at radius 3 is 2.67 bits per heavy atom. The third kappa shape index (κ3) is 4.01. The molecule has 0 saturated heterocycles. The molecule has 8 heteroatoms. The first-order valence-corrected chi connectivity index (χ1v) is 7.43. The Bertz CT molecular complexity index is 739. The van der Waals surface area contributed by atoms with Crippen LogP contribution in [-0.2, 0) is 0 Å². The quantitative estimate of drug-likeness (QED) is 0.819. The zero-order chi connectivity index (χ0) is 17.7. The van der Waals surface area contributed by atoms with Gasteiger partial charge < -0.3 is 10.2 Å². The Labute approximate surface area is 137 Å². The molecule has 0 aliphatic carbocycles. The summed E-state index contributed by atoms with van der Waals surface area (Å²) in [5, 5.41) is 2.44. The van der Waals surface area contributed by atoms with Gasteiger partial charge in [-0.1, -0.05) is 13.3 Å². The van der Waals surface area contributed by atoms with Crippen LogP contribution >= 0.6 is 0 Å². The number of unbranched alkanes of at least 4 members (excludes halogenated alkanes) is 1. The van der Waals surface area contributed by atoms with Crippen LogP contribution in [0.25, 0.3) is 0 Å². The molecule has 0 spiro atoms. The molecular formula is C16H17F3N4O. The predicted octanol–water partition coefficient (Wildman–Crippen LogP) is 3.51. The Kier molecular flexibility index (Phi) is 5.73. The molecule has 0 saturated carbocycles. The van der Waals surface area contributed by atoms with Crippen LogP contribution in [-0.4, -0.2) is 34.4 Å². The summed E-state index contributed by atoms with van der Waals surface area (Å²) in [4.78, 5) is 21.6. The van der Waals surface area contributed by atoms with E-state index in [-0.39, 0.29) is 23.2 Å². The SMILES string of the molecule is CCCCN(C)C(=O)c1ccnc(Nc2ccc(F)c(F)c2F)n1. The molecule has 2 aromatic rings. The summed E-state index contributed by atoms with van der Waals surface area (Å²) in [5.41, 5.74) is -0.202. The Morgan fingerprint density at radius 1 is 1.21 bits per heavy atom. The summed E-state index contributed by atoms with van der Waals surface area (Å²) in [6, 6.07) is 3.24. The maximum Gasteiger partial charge on any atom is 0.272 e. The molecule has 1 aromatic carbocycles. The lowest BCUT2D eigenvalue weighted by Crippen LogP contribution is -2.28. The normalized spacial score (nSPS) is 10.5. The molecule has 0 atom stereocenters. The fourth-order valence-electron chi connectivity index (χ4n) is 1.97. The highest BCUT2D eigenvalue weighted by Gasteiger charge is 2.16. The molecule has 24 heavy (non-hydrogen) atoms. The molecule has 0 fully saturated rings. The summed E-state index contributed by atoms with van der Waals surface area (Å²) in [6.45, 7) is 2.60. The zero-order valence-corrected chi connectivity index (χ0v) is 13.3. The molecule has 0 bridgehead atoms. The van der Waals surface area contributed by atoms with Crippen molar-refractivity contribution in [3.05, 3.63) is 47.5 Å². The van der Waals surface area contributed by atoms with Gasteiger partial charge in [0.2, 0.25) is 5.95 Å². The maximum atomic E-state index is 13.7. The minimum absolute atomic E-state index is 0.0883. The zero-order valence-electron chi connectivity index (χ0n) is 13.3. The number of hydrogen-bond donors (Lipinski definition) is 1. The monoisotopic (exact) mass is 338 g/mol. The van der Waals surface area contributed by atoms with E-state index in [0.29, 0.717) is 6.54 Å². The fraction of sp³-hybridized carbons (Fsp3) is 0.312. The van der Waals surface area contributed by atoms with Gasteiger partial charge in [-0.05, 0) is 24.6 Å². The highest BCUT2D eigenvalue weighted by atomic mass is 19.2. The smallest absolute Gasteiger partial charge is 0.272 e. The number of nitrogens with one attached hydrogen (secondary N) is 1. The maximum absolute atomic E-state index is 13.7. The Morgan fingerprint density at radius 2 is 1.96 bits per heavy atom. The van der Waals surface area contributed by atoms with Crippen molar-refractivity contribution in [2.45, 2.75) is 19.8 Å². The van der Waals surface area contributed by atoms with Crippen molar-refractivity contribution in [1.82, 2.24) is 14.9 Å². The number of amides is 1. The first kappa shape index (κ1) is 17.7. The first-order valence-electron chi connectivity index (χ1n) is 7.43. The average molecular weight is 338 g/mol. The number of halogens is 3. The standard InChI is InChI=1S/C16H17F3N4O/c1-3-4-9-23(2)15(24)12-7-8-20-16(22-12)21-11-6-5-10(17)13(18)14(11)19/h5-8H,3-4,9H2,1-2H3,(H,20,21,22). The third-order valence-corrected chi connectivity index (χ3v) is 3.35. The van der Waals surface area contributed by atoms with E-state index in [0.717, 1.165) is 25.0 Å². The minimum atomic E-state index is -1.59. The molecule has 0 radical (unpaired) electrons. The highest BCUT2D eigenvalue weighted by Crippen LogP contribution is 2.22. The van der Waals surface area contributed by atoms with Crippen LogP contribution in [0.5, 0.6) is 0 Å². The van der Waals surface area contributed by atoms with Crippen LogP contribution < -0.4 is 5.32 Å². The molecule has 0 unspecified atom stereocenters. The fourth-order valence-corrected chi connectivity index (χ4v) is 1.97. The second kappa shape index (κ2) is 7.76. The lowest BCUT2D eigenvalue weighted by atomic mass is 10.3. The lowest BCUT2D eigenvalue weighted by Gasteiger charge is -2.16. The van der Waals surface area contributed by atoms with Crippen LogP contribution in [0, 0.1) is 17.5 Å². The molecular weight excluding hydrogens is 321 g/mol. The van der Waals surface area contributed by atoms with Gasteiger partial charge in [-0.15, -0.1) is 0 Å². The van der Waals surface area contributed by atoms with Gasteiger partial charge in [0.25, 0.3) is 5.91 Å². The van der Waals surface area contributed by atoms with Gasteiger partial charge in [-0.2, -0.15) is 0 Å². The van der Waals surface area contributed by atoms with Gasteiger partial charge in [-0.3, -0.25) is 4.79 Å². The van der Waals surface area contributed by atoms with Crippen molar-refractivity contribution in [2.24, 2.45) is 0 Å². The van der Waals surface area contributed by atoms with Crippen molar-refractivity contribution in [3.8, 4) is 0 Å². The summed E-state index contributed by atoms with van der Waals surface area (Å²) in [5.74, 6) is -4.66. The van der Waals surface area contributed by atoms with E-state index in [9.17, 15) is 18.0 Å². The van der Waals surface area contributed by atoms with Gasteiger partial charge in [-0.25, -0.2) is 23.1 Å². The van der Waals surface area contributed by atoms with E-state index in [2.05, 4.69) is 15.3 Å². The number of carbonyl (C=O) groups excluding carboxylic acids is 1. The number of anilines is 2. The topological polar surface area (TPSA) is 58.1 Å². The second-order valence-corrected chi connectivity index (χ2v) is 5.19. The number of benzene rings is 1. The summed E-state index contributed by atoms with van der Waals surface area (Å²) in [6.07, 6.45) is 3.14. The van der Waals surface area contributed by atoms with Crippen LogP contribution in [0.2, 0.25) is 0 Å². The number of nitrogens with zero attached hydrogens (tertiary/aromatic N) is 3. The van der Waals surface area contributed by atoms with Crippen molar-refractivity contribution < 1.29 is 18.0 Å². The van der Waals surface area contributed by atoms with Gasteiger partial charge in [0.15, 0.2) is 17.5 Å². The molecule has 0 aliphatic rings. The molecule has 1 heterocycles. The molecule has 1 aromatic heterocycles.